The van der Waals surface area contributed by atoms with Crippen molar-refractivity contribution < 1.29 is 27.3 Å². The minimum atomic E-state index is 0. The summed E-state index contributed by atoms with van der Waals surface area (Å²) in [4.78, 5) is 0. The van der Waals surface area contributed by atoms with Crippen molar-refractivity contribution in [3.8, 4) is 0 Å². The average molecular weight is 315 g/mol. The number of aliphatic hydroxyl groups is 2. The van der Waals surface area contributed by atoms with E-state index in [4.69, 9.17) is 10.2 Å². The van der Waals surface area contributed by atoms with E-state index >= 15 is 0 Å². The Hall–Kier alpha value is 0.439. The van der Waals surface area contributed by atoms with E-state index in [2.05, 4.69) is 27.7 Å². The monoisotopic (exact) mass is 315 g/mol. The summed E-state index contributed by atoms with van der Waals surface area (Å²) in [7, 11) is 0. The topological polar surface area (TPSA) is 40.5 Å². The summed E-state index contributed by atoms with van der Waals surface area (Å²) in [6.45, 7) is 9.38. The van der Waals surface area contributed by atoms with E-state index < -0.39 is 0 Å². The number of hydrogen-bond donors (Lipinski definition) is 2. The number of rotatable bonds is 10. The second-order valence-corrected chi connectivity index (χ2v) is 5.20. The summed E-state index contributed by atoms with van der Waals surface area (Å²) in [5.41, 5.74) is 0. The third kappa shape index (κ3) is 18.4. The summed E-state index contributed by atoms with van der Waals surface area (Å²) in [6.07, 6.45) is 9.66. The quantitative estimate of drug-likeness (QED) is 0.587. The van der Waals surface area contributed by atoms with Crippen LogP contribution in [0.4, 0.5) is 0 Å². The van der Waals surface area contributed by atoms with Crippen molar-refractivity contribution in [3.05, 3.63) is 0 Å². The molecule has 0 amide bonds. The van der Waals surface area contributed by atoms with Gasteiger partial charge in [-0.2, -0.15) is 0 Å². The molecule has 0 spiro atoms. The first-order chi connectivity index (χ1) is 8.69. The molecule has 19 heavy (non-hydrogen) atoms. The first-order valence-electron chi connectivity index (χ1n) is 7.91. The molecule has 0 aromatic rings. The zero-order valence-corrected chi connectivity index (χ0v) is 14.7. The molecule has 0 aromatic carbocycles. The van der Waals surface area contributed by atoms with Crippen LogP contribution in [0.15, 0.2) is 0 Å². The molecule has 3 heteroatoms. The van der Waals surface area contributed by atoms with Gasteiger partial charge in [0.05, 0.1) is 0 Å². The van der Waals surface area contributed by atoms with E-state index in [1.807, 2.05) is 0 Å². The van der Waals surface area contributed by atoms with Gasteiger partial charge in [-0.3, -0.25) is 0 Å². The maximum Gasteiger partial charge on any atom is 0.0459 e. The Bertz CT molecular complexity index is 119. The molecule has 0 aromatic heterocycles. The normalized spacial score (nSPS) is 12.9. The molecular weight excluding hydrogens is 279 g/mol. The minimum Gasteiger partial charge on any atom is -0.396 e. The van der Waals surface area contributed by atoms with Crippen LogP contribution in [0, 0.1) is 11.8 Å². The summed E-state index contributed by atoms with van der Waals surface area (Å²) in [5.74, 6) is 1.12. The largest absolute Gasteiger partial charge is 0.396 e. The predicted molar refractivity (Wildman–Crippen MR) is 80.8 cm³/mol. The van der Waals surface area contributed by atoms with E-state index in [0.29, 0.717) is 25.0 Å². The molecular formula is C16H36MnO2. The Labute approximate surface area is 131 Å². The molecule has 0 aliphatic rings. The van der Waals surface area contributed by atoms with Crippen LogP contribution in [0.1, 0.15) is 79.1 Å². The van der Waals surface area contributed by atoms with Crippen molar-refractivity contribution in [1.29, 1.82) is 0 Å². The van der Waals surface area contributed by atoms with Crippen LogP contribution >= 0.6 is 0 Å². The van der Waals surface area contributed by atoms with Crippen LogP contribution in [-0.4, -0.2) is 23.4 Å². The van der Waals surface area contributed by atoms with Gasteiger partial charge in [-0.1, -0.05) is 66.2 Å². The molecule has 0 bridgehead atoms. The van der Waals surface area contributed by atoms with Crippen molar-refractivity contribution in [2.75, 3.05) is 13.2 Å². The molecule has 0 fully saturated rings. The van der Waals surface area contributed by atoms with Crippen molar-refractivity contribution in [1.82, 2.24) is 0 Å². The Morgan fingerprint density at radius 1 is 0.684 bits per heavy atom. The summed E-state index contributed by atoms with van der Waals surface area (Å²) < 4.78 is 0. The number of aliphatic hydroxyl groups excluding tert-OH is 2. The average Bonchev–Trinajstić information content (AvgIpc) is 2.42. The van der Waals surface area contributed by atoms with Gasteiger partial charge in [-0.25, -0.2) is 0 Å². The van der Waals surface area contributed by atoms with Gasteiger partial charge in [0, 0.05) is 30.3 Å². The molecule has 0 rings (SSSR count). The van der Waals surface area contributed by atoms with Crippen molar-refractivity contribution in [2.45, 2.75) is 79.1 Å². The van der Waals surface area contributed by atoms with Gasteiger partial charge < -0.3 is 10.2 Å². The van der Waals surface area contributed by atoms with E-state index in [-0.39, 0.29) is 17.1 Å². The minimum absolute atomic E-state index is 0. The number of unbranched alkanes of at least 4 members (excludes halogenated alkanes) is 2. The Kier molecular flexibility index (Phi) is 26.7. The Morgan fingerprint density at radius 2 is 1.00 bits per heavy atom. The number of hydrogen-bond acceptors (Lipinski definition) is 2. The predicted octanol–water partition coefficient (Wildman–Crippen LogP) is 4.39. The van der Waals surface area contributed by atoms with E-state index in [1.165, 1.54) is 38.5 Å². The maximum atomic E-state index is 8.75. The summed E-state index contributed by atoms with van der Waals surface area (Å²) in [5, 5.41) is 17.5. The van der Waals surface area contributed by atoms with Crippen LogP contribution < -0.4 is 0 Å². The Balaban J connectivity index is -0.000000256. The molecule has 2 N–H and O–H groups in total. The molecule has 0 heterocycles. The Morgan fingerprint density at radius 3 is 1.16 bits per heavy atom. The molecule has 2 unspecified atom stereocenters. The standard InChI is InChI=1S/2C8H18O.Mn/c2*1-3-5-6-8(4-2)7-9;/h2*8-9H,3-7H2,1-2H3;. The van der Waals surface area contributed by atoms with E-state index in [1.54, 1.807) is 0 Å². The fourth-order valence-corrected chi connectivity index (χ4v) is 1.83. The fourth-order valence-electron chi connectivity index (χ4n) is 1.83. The first-order valence-corrected chi connectivity index (χ1v) is 7.91. The zero-order chi connectivity index (χ0) is 14.2. The van der Waals surface area contributed by atoms with Gasteiger partial charge >= 0.3 is 0 Å². The molecule has 2 atom stereocenters. The van der Waals surface area contributed by atoms with E-state index in [0.717, 1.165) is 12.8 Å². The summed E-state index contributed by atoms with van der Waals surface area (Å²) >= 11 is 0. The molecule has 0 saturated heterocycles. The molecule has 0 aliphatic carbocycles. The van der Waals surface area contributed by atoms with E-state index in [9.17, 15) is 0 Å². The molecule has 2 nitrogen and oxygen atoms in total. The van der Waals surface area contributed by atoms with Gasteiger partial charge in [-0.15, -0.1) is 0 Å². The third-order valence-corrected chi connectivity index (χ3v) is 3.60. The van der Waals surface area contributed by atoms with Crippen LogP contribution in [0.25, 0.3) is 0 Å². The first kappa shape index (κ1) is 24.5. The molecule has 119 valence electrons. The van der Waals surface area contributed by atoms with Crippen LogP contribution in [0.5, 0.6) is 0 Å². The third-order valence-electron chi connectivity index (χ3n) is 3.60. The van der Waals surface area contributed by atoms with Gasteiger partial charge in [-0.05, 0) is 24.7 Å². The van der Waals surface area contributed by atoms with Gasteiger partial charge in [0.25, 0.3) is 0 Å². The van der Waals surface area contributed by atoms with Gasteiger partial charge in [0.1, 0.15) is 0 Å². The van der Waals surface area contributed by atoms with Gasteiger partial charge in [0.2, 0.25) is 0 Å². The second kappa shape index (κ2) is 20.8. The SMILES string of the molecule is CCCCC(CC)CO.CCCCC(CC)CO.[Mn]. The molecule has 0 aliphatic heterocycles. The fraction of sp³-hybridized carbons (Fsp3) is 1.00. The van der Waals surface area contributed by atoms with Crippen molar-refractivity contribution in [2.24, 2.45) is 11.8 Å². The zero-order valence-electron chi connectivity index (χ0n) is 13.5. The van der Waals surface area contributed by atoms with Gasteiger partial charge in [0.15, 0.2) is 0 Å². The van der Waals surface area contributed by atoms with Crippen LogP contribution in [0.3, 0.4) is 0 Å². The maximum absolute atomic E-state index is 8.75. The smallest absolute Gasteiger partial charge is 0.0459 e. The van der Waals surface area contributed by atoms with Crippen LogP contribution in [0.2, 0.25) is 0 Å². The van der Waals surface area contributed by atoms with Crippen LogP contribution in [-0.2, 0) is 17.1 Å². The van der Waals surface area contributed by atoms with Crippen molar-refractivity contribution >= 4 is 0 Å². The van der Waals surface area contributed by atoms with Crippen molar-refractivity contribution in [3.63, 3.8) is 0 Å². The molecule has 1 radical (unpaired) electrons. The second-order valence-electron chi connectivity index (χ2n) is 5.20. The molecule has 0 saturated carbocycles. The summed E-state index contributed by atoms with van der Waals surface area (Å²) in [6, 6.07) is 0.